The molecule has 1 aromatic carbocycles. The van der Waals surface area contributed by atoms with Crippen molar-refractivity contribution in [3.8, 4) is 5.82 Å². The zero-order valence-corrected chi connectivity index (χ0v) is 18.5. The quantitative estimate of drug-likeness (QED) is 0.511. The number of carbonyl (C=O) groups is 2. The number of hydrogen-bond donors (Lipinski definition) is 2. The number of ether oxygens (including phenoxy) is 2. The van der Waals surface area contributed by atoms with Crippen LogP contribution >= 0.6 is 0 Å². The number of carbonyl (C=O) groups excluding carboxylic acids is 2. The highest BCUT2D eigenvalue weighted by molar-refractivity contribution is 5.86. The van der Waals surface area contributed by atoms with Gasteiger partial charge >= 0.3 is 18.4 Å². The second-order valence-corrected chi connectivity index (χ2v) is 8.01. The monoisotopic (exact) mass is 477 g/mol. The van der Waals surface area contributed by atoms with E-state index in [1.807, 2.05) is 6.07 Å². The number of nitrogens with zero attached hydrogens (tertiary/aromatic N) is 3. The molecule has 0 aliphatic carbocycles. The van der Waals surface area contributed by atoms with Gasteiger partial charge in [-0.1, -0.05) is 36.4 Å². The van der Waals surface area contributed by atoms with Crippen LogP contribution in [-0.4, -0.2) is 32.6 Å². The molecule has 0 aliphatic rings. The third-order valence-corrected chi connectivity index (χ3v) is 4.07. The maximum atomic E-state index is 13.8. The number of amides is 2. The van der Waals surface area contributed by atoms with Gasteiger partial charge in [0.05, 0.1) is 11.9 Å². The smallest absolute Gasteiger partial charge is 0.435 e. The molecule has 0 saturated heterocycles. The third-order valence-electron chi connectivity index (χ3n) is 4.07. The lowest BCUT2D eigenvalue weighted by Gasteiger charge is -2.20. The lowest BCUT2D eigenvalue weighted by Crippen LogP contribution is -2.28. The first-order valence-corrected chi connectivity index (χ1v) is 10.0. The van der Waals surface area contributed by atoms with Crippen LogP contribution < -0.4 is 10.6 Å². The van der Waals surface area contributed by atoms with E-state index < -0.39 is 35.3 Å². The largest absolute Gasteiger partial charge is 0.444 e. The van der Waals surface area contributed by atoms with Crippen molar-refractivity contribution in [2.75, 3.05) is 10.6 Å². The van der Waals surface area contributed by atoms with Crippen LogP contribution in [0.4, 0.5) is 34.3 Å². The van der Waals surface area contributed by atoms with Crippen LogP contribution in [0.5, 0.6) is 0 Å². The van der Waals surface area contributed by atoms with Gasteiger partial charge in [0, 0.05) is 0 Å². The average molecular weight is 477 g/mol. The first-order valence-electron chi connectivity index (χ1n) is 10.0. The fraction of sp³-hybridized carbons (Fsp3) is 0.273. The van der Waals surface area contributed by atoms with Crippen LogP contribution in [0.15, 0.2) is 54.7 Å². The van der Waals surface area contributed by atoms with Gasteiger partial charge in [0.25, 0.3) is 0 Å². The van der Waals surface area contributed by atoms with Gasteiger partial charge in [-0.3, -0.25) is 10.6 Å². The van der Waals surface area contributed by atoms with E-state index in [-0.39, 0.29) is 18.2 Å². The first-order chi connectivity index (χ1) is 15.9. The summed E-state index contributed by atoms with van der Waals surface area (Å²) in [5.74, 6) is -0.300. The second-order valence-electron chi connectivity index (χ2n) is 8.01. The fourth-order valence-corrected chi connectivity index (χ4v) is 2.77. The number of nitrogens with one attached hydrogen (secondary N) is 2. The SMILES string of the molecule is CC(C)(C)OC(=O)Nc1cnn(-c2cccc(NC(=O)OCc3ccccc3)n2)c1C(F)(F)F. The molecule has 3 aromatic rings. The minimum absolute atomic E-state index is 0.00341. The van der Waals surface area contributed by atoms with Gasteiger partial charge in [-0.05, 0) is 38.5 Å². The Morgan fingerprint density at radius 2 is 1.68 bits per heavy atom. The molecule has 0 spiro atoms. The highest BCUT2D eigenvalue weighted by Crippen LogP contribution is 2.36. The van der Waals surface area contributed by atoms with Gasteiger partial charge in [-0.15, -0.1) is 0 Å². The molecule has 180 valence electrons. The molecule has 2 aromatic heterocycles. The zero-order chi connectivity index (χ0) is 24.9. The fourth-order valence-electron chi connectivity index (χ4n) is 2.77. The van der Waals surface area contributed by atoms with E-state index in [0.29, 0.717) is 4.68 Å². The van der Waals surface area contributed by atoms with E-state index in [2.05, 4.69) is 20.7 Å². The van der Waals surface area contributed by atoms with Crippen LogP contribution in [0.3, 0.4) is 0 Å². The molecule has 0 aliphatic heterocycles. The summed E-state index contributed by atoms with van der Waals surface area (Å²) in [5, 5.41) is 8.14. The molecule has 0 unspecified atom stereocenters. The molecule has 9 nitrogen and oxygen atoms in total. The number of alkyl halides is 3. The summed E-state index contributed by atoms with van der Waals surface area (Å²) in [6, 6.07) is 13.0. The summed E-state index contributed by atoms with van der Waals surface area (Å²) in [6.07, 6.45) is -5.96. The van der Waals surface area contributed by atoms with Crippen molar-refractivity contribution in [1.82, 2.24) is 14.8 Å². The van der Waals surface area contributed by atoms with E-state index in [1.165, 1.54) is 18.2 Å². The van der Waals surface area contributed by atoms with Crippen molar-refractivity contribution >= 4 is 23.7 Å². The molecule has 2 heterocycles. The highest BCUT2D eigenvalue weighted by atomic mass is 19.4. The Morgan fingerprint density at radius 3 is 2.32 bits per heavy atom. The number of halogens is 3. The third kappa shape index (κ3) is 6.70. The number of anilines is 2. The average Bonchev–Trinajstić information content (AvgIpc) is 3.16. The van der Waals surface area contributed by atoms with Gasteiger partial charge < -0.3 is 9.47 Å². The van der Waals surface area contributed by atoms with Crippen molar-refractivity contribution in [2.45, 2.75) is 39.2 Å². The highest BCUT2D eigenvalue weighted by Gasteiger charge is 2.40. The lowest BCUT2D eigenvalue weighted by molar-refractivity contribution is -0.142. The molecule has 34 heavy (non-hydrogen) atoms. The summed E-state index contributed by atoms with van der Waals surface area (Å²) < 4.78 is 52.1. The van der Waals surface area contributed by atoms with E-state index in [9.17, 15) is 22.8 Å². The Morgan fingerprint density at radius 1 is 0.971 bits per heavy atom. The zero-order valence-electron chi connectivity index (χ0n) is 18.5. The summed E-state index contributed by atoms with van der Waals surface area (Å²) >= 11 is 0. The maximum Gasteiger partial charge on any atom is 0.435 e. The normalized spacial score (nSPS) is 11.6. The number of rotatable bonds is 5. The molecule has 0 atom stereocenters. The van der Waals surface area contributed by atoms with Gasteiger partial charge in [0.15, 0.2) is 11.5 Å². The van der Waals surface area contributed by atoms with Crippen molar-refractivity contribution in [3.05, 3.63) is 66.0 Å². The van der Waals surface area contributed by atoms with Gasteiger partial charge in [0.2, 0.25) is 0 Å². The van der Waals surface area contributed by atoms with Crippen LogP contribution in [0.2, 0.25) is 0 Å². The molecule has 0 radical (unpaired) electrons. The molecule has 12 heteroatoms. The van der Waals surface area contributed by atoms with Crippen molar-refractivity contribution < 1.29 is 32.2 Å². The Kier molecular flexibility index (Phi) is 7.08. The summed E-state index contributed by atoms with van der Waals surface area (Å²) in [7, 11) is 0. The molecule has 0 fully saturated rings. The van der Waals surface area contributed by atoms with Crippen molar-refractivity contribution in [3.63, 3.8) is 0 Å². The molecular weight excluding hydrogens is 455 g/mol. The molecule has 2 amide bonds. The molecule has 3 rings (SSSR count). The molecule has 0 saturated carbocycles. The predicted molar refractivity (Wildman–Crippen MR) is 116 cm³/mol. The Bertz CT molecular complexity index is 1160. The van der Waals surface area contributed by atoms with E-state index in [4.69, 9.17) is 9.47 Å². The van der Waals surface area contributed by atoms with Crippen LogP contribution in [-0.2, 0) is 22.3 Å². The van der Waals surface area contributed by atoms with Crippen LogP contribution in [0, 0.1) is 0 Å². The predicted octanol–water partition coefficient (Wildman–Crippen LogP) is 5.38. The second kappa shape index (κ2) is 9.81. The standard InChI is InChI=1S/C22H22F3N5O4/c1-21(2,3)34-20(32)27-15-12-26-30(18(15)22(23,24)25)17-11-7-10-16(28-17)29-19(31)33-13-14-8-5-4-6-9-14/h4-12H,13H2,1-3H3,(H,27,32)(H,28,29,31). The molecule has 2 N–H and O–H groups in total. The number of benzene rings is 1. The minimum atomic E-state index is -4.89. The van der Waals surface area contributed by atoms with Crippen LogP contribution in [0.25, 0.3) is 5.82 Å². The molecule has 0 bridgehead atoms. The van der Waals surface area contributed by atoms with E-state index in [1.54, 1.807) is 45.0 Å². The van der Waals surface area contributed by atoms with E-state index >= 15 is 0 Å². The summed E-state index contributed by atoms with van der Waals surface area (Å²) in [6.45, 7) is 4.74. The number of aromatic nitrogens is 3. The van der Waals surface area contributed by atoms with Crippen molar-refractivity contribution in [1.29, 1.82) is 0 Å². The number of pyridine rings is 1. The Labute approximate surface area is 192 Å². The van der Waals surface area contributed by atoms with Gasteiger partial charge in [0.1, 0.15) is 18.0 Å². The lowest BCUT2D eigenvalue weighted by atomic mass is 10.2. The Balaban J connectivity index is 1.79. The number of hydrogen-bond acceptors (Lipinski definition) is 6. The summed E-state index contributed by atoms with van der Waals surface area (Å²) in [4.78, 5) is 28.0. The van der Waals surface area contributed by atoms with Gasteiger partial charge in [-0.25, -0.2) is 19.3 Å². The first kappa shape index (κ1) is 24.6. The van der Waals surface area contributed by atoms with Crippen LogP contribution in [0.1, 0.15) is 32.0 Å². The molecular formula is C22H22F3N5O4. The van der Waals surface area contributed by atoms with Gasteiger partial charge in [-0.2, -0.15) is 18.3 Å². The maximum absolute atomic E-state index is 13.8. The summed E-state index contributed by atoms with van der Waals surface area (Å²) in [5.41, 5.74) is -2.02. The minimum Gasteiger partial charge on any atom is -0.444 e. The van der Waals surface area contributed by atoms with E-state index in [0.717, 1.165) is 11.8 Å². The van der Waals surface area contributed by atoms with Crippen molar-refractivity contribution in [2.24, 2.45) is 0 Å². The topological polar surface area (TPSA) is 107 Å². The Hall–Kier alpha value is -4.09.